The Morgan fingerprint density at radius 1 is 1.18 bits per heavy atom. The first kappa shape index (κ1) is 23.7. The topological polar surface area (TPSA) is 102 Å². The van der Waals surface area contributed by atoms with Gasteiger partial charge in [-0.1, -0.05) is 24.6 Å². The molecule has 0 atom stereocenters. The maximum absolute atomic E-state index is 13.1. The molecule has 1 aliphatic carbocycles. The summed E-state index contributed by atoms with van der Waals surface area (Å²) < 4.78 is 27.6. The number of aromatic hydroxyl groups is 1. The zero-order chi connectivity index (χ0) is 23.8. The summed E-state index contributed by atoms with van der Waals surface area (Å²) in [6.07, 6.45) is 1.15. The van der Waals surface area contributed by atoms with Gasteiger partial charge in [0.05, 0.1) is 10.6 Å². The molecule has 1 fully saturated rings. The minimum atomic E-state index is -3.69. The van der Waals surface area contributed by atoms with Gasteiger partial charge in [0, 0.05) is 42.3 Å². The van der Waals surface area contributed by atoms with E-state index in [0.29, 0.717) is 60.9 Å². The number of nitrogens with zero attached hydrogens (tertiary/aromatic N) is 3. The Hall–Kier alpha value is -2.46. The molecule has 0 saturated carbocycles. The number of amides is 1. The number of benzene rings is 2. The maximum atomic E-state index is 13.1. The van der Waals surface area contributed by atoms with Crippen LogP contribution in [0.4, 0.5) is 0 Å². The van der Waals surface area contributed by atoms with Gasteiger partial charge < -0.3 is 10.0 Å². The second-order valence-electron chi connectivity index (χ2n) is 8.24. The quantitative estimate of drug-likeness (QED) is 0.627. The minimum Gasteiger partial charge on any atom is -0.507 e. The number of carbonyl (C=O) groups excluding carboxylic acids is 1. The summed E-state index contributed by atoms with van der Waals surface area (Å²) in [6.45, 7) is 6.91. The van der Waals surface area contributed by atoms with Crippen LogP contribution >= 0.6 is 11.6 Å². The first-order valence-corrected chi connectivity index (χ1v) is 12.7. The summed E-state index contributed by atoms with van der Waals surface area (Å²) in [5.74, 6) is -0.418. The number of carbonyl (C=O) groups is 1. The first-order valence-electron chi connectivity index (χ1n) is 10.9. The molecule has 0 bridgehead atoms. The van der Waals surface area contributed by atoms with Crippen LogP contribution < -0.4 is 5.43 Å². The third kappa shape index (κ3) is 4.63. The molecule has 176 valence electrons. The normalized spacial score (nSPS) is 18.5. The summed E-state index contributed by atoms with van der Waals surface area (Å²) in [4.78, 5) is 15.0. The van der Waals surface area contributed by atoms with Crippen molar-refractivity contribution in [3.63, 3.8) is 0 Å². The van der Waals surface area contributed by atoms with Crippen LogP contribution in [0.1, 0.15) is 40.4 Å². The van der Waals surface area contributed by atoms with Crippen molar-refractivity contribution in [2.24, 2.45) is 5.10 Å². The molecule has 2 aromatic rings. The lowest BCUT2D eigenvalue weighted by Crippen LogP contribution is -2.48. The number of fused-ring (bicyclic) bond motifs is 1. The Kier molecular flexibility index (Phi) is 6.76. The fourth-order valence-electron chi connectivity index (χ4n) is 4.26. The van der Waals surface area contributed by atoms with Crippen molar-refractivity contribution < 1.29 is 18.3 Å². The molecule has 0 unspecified atom stereocenters. The Bertz CT molecular complexity index is 1220. The number of halogens is 1. The minimum absolute atomic E-state index is 0.0824. The van der Waals surface area contributed by atoms with E-state index in [1.165, 1.54) is 16.4 Å². The van der Waals surface area contributed by atoms with Crippen molar-refractivity contribution in [2.75, 3.05) is 32.7 Å². The summed E-state index contributed by atoms with van der Waals surface area (Å²) in [5.41, 5.74) is 5.24. The van der Waals surface area contributed by atoms with E-state index in [-0.39, 0.29) is 16.2 Å². The number of nitrogens with one attached hydrogen (secondary N) is 1. The lowest BCUT2D eigenvalue weighted by atomic mass is 10.0. The third-order valence-corrected chi connectivity index (χ3v) is 8.48. The second-order valence-corrected chi connectivity index (χ2v) is 10.6. The number of phenolic OH excluding ortho intramolecular Hbond substituents is 1. The SMILES string of the molecule is CCN1CCN(S(=O)(=O)c2cccc(C(=O)N/N=C3/CCc4c(Cl)cc(C)c(O)c43)c2)CC1. The second kappa shape index (κ2) is 9.42. The fraction of sp³-hybridized carbons (Fsp3) is 0.391. The molecule has 1 heterocycles. The van der Waals surface area contributed by atoms with Crippen LogP contribution in [0.3, 0.4) is 0 Å². The number of likely N-dealkylation sites (N-methyl/N-ethyl adjacent to an activating group) is 1. The van der Waals surface area contributed by atoms with E-state index in [1.54, 1.807) is 25.1 Å². The number of hydrogen-bond donors (Lipinski definition) is 2. The third-order valence-electron chi connectivity index (χ3n) is 6.25. The Balaban J connectivity index is 1.52. The standard InChI is InChI=1S/C23H27ClN4O4S/c1-3-27-9-11-28(12-10-27)33(31,32)17-6-4-5-16(14-17)23(30)26-25-20-8-7-18-19(24)13-15(2)22(29)21(18)20/h4-6,13-14,29H,3,7-12H2,1-2H3,(H,26,30)/b25-20-. The molecular formula is C23H27ClN4O4S. The van der Waals surface area contributed by atoms with Crippen LogP contribution in [0, 0.1) is 6.92 Å². The van der Waals surface area contributed by atoms with Crippen LogP contribution in [0.2, 0.25) is 5.02 Å². The highest BCUT2D eigenvalue weighted by Crippen LogP contribution is 2.37. The van der Waals surface area contributed by atoms with Crippen LogP contribution in [-0.4, -0.2) is 67.1 Å². The number of sulfonamides is 1. The molecule has 0 radical (unpaired) electrons. The van der Waals surface area contributed by atoms with Gasteiger partial charge in [-0.2, -0.15) is 9.41 Å². The summed E-state index contributed by atoms with van der Waals surface area (Å²) in [5, 5.41) is 15.2. The van der Waals surface area contributed by atoms with Gasteiger partial charge in [-0.3, -0.25) is 4.79 Å². The molecule has 4 rings (SSSR count). The van der Waals surface area contributed by atoms with Crippen molar-refractivity contribution >= 4 is 33.2 Å². The van der Waals surface area contributed by atoms with Gasteiger partial charge in [-0.15, -0.1) is 0 Å². The Morgan fingerprint density at radius 3 is 2.61 bits per heavy atom. The van der Waals surface area contributed by atoms with E-state index in [1.807, 2.05) is 0 Å². The zero-order valence-electron chi connectivity index (χ0n) is 18.6. The number of phenols is 1. The van der Waals surface area contributed by atoms with Gasteiger partial charge in [0.15, 0.2) is 0 Å². The molecule has 0 aromatic heterocycles. The van der Waals surface area contributed by atoms with Gasteiger partial charge in [0.25, 0.3) is 5.91 Å². The molecule has 2 aliphatic rings. The predicted octanol–water partition coefficient (Wildman–Crippen LogP) is 2.76. The molecule has 2 N–H and O–H groups in total. The summed E-state index contributed by atoms with van der Waals surface area (Å²) in [7, 11) is -3.69. The average molecular weight is 491 g/mol. The van der Waals surface area contributed by atoms with E-state index in [0.717, 1.165) is 12.1 Å². The van der Waals surface area contributed by atoms with Crippen molar-refractivity contribution in [2.45, 2.75) is 31.6 Å². The Labute approximate surface area is 198 Å². The van der Waals surface area contributed by atoms with Crippen LogP contribution in [-0.2, 0) is 16.4 Å². The molecule has 10 heteroatoms. The molecule has 1 aliphatic heterocycles. The van der Waals surface area contributed by atoms with Gasteiger partial charge >= 0.3 is 0 Å². The zero-order valence-corrected chi connectivity index (χ0v) is 20.2. The molecule has 0 spiro atoms. The fourth-order valence-corrected chi connectivity index (χ4v) is 6.08. The number of hydrogen-bond acceptors (Lipinski definition) is 6. The monoisotopic (exact) mass is 490 g/mol. The smallest absolute Gasteiger partial charge is 0.271 e. The lowest BCUT2D eigenvalue weighted by molar-refractivity contribution is 0.0954. The van der Waals surface area contributed by atoms with Gasteiger partial charge in [-0.05, 0) is 61.7 Å². The summed E-state index contributed by atoms with van der Waals surface area (Å²) in [6, 6.07) is 7.69. The van der Waals surface area contributed by atoms with E-state index >= 15 is 0 Å². The van der Waals surface area contributed by atoms with Crippen LogP contribution in [0.15, 0.2) is 40.3 Å². The van der Waals surface area contributed by atoms with Crippen molar-refractivity contribution in [1.29, 1.82) is 0 Å². The Morgan fingerprint density at radius 2 is 1.91 bits per heavy atom. The largest absolute Gasteiger partial charge is 0.507 e. The van der Waals surface area contributed by atoms with Gasteiger partial charge in [0.2, 0.25) is 10.0 Å². The molecule has 8 nitrogen and oxygen atoms in total. The van der Waals surface area contributed by atoms with E-state index < -0.39 is 15.9 Å². The first-order chi connectivity index (χ1) is 15.7. The lowest BCUT2D eigenvalue weighted by Gasteiger charge is -2.33. The van der Waals surface area contributed by atoms with Gasteiger partial charge in [-0.25, -0.2) is 13.8 Å². The highest BCUT2D eigenvalue weighted by molar-refractivity contribution is 7.89. The van der Waals surface area contributed by atoms with Gasteiger partial charge in [0.1, 0.15) is 5.75 Å². The van der Waals surface area contributed by atoms with Crippen molar-refractivity contribution in [3.05, 3.63) is 57.6 Å². The molecular weight excluding hydrogens is 464 g/mol. The van der Waals surface area contributed by atoms with Crippen LogP contribution in [0.25, 0.3) is 0 Å². The highest BCUT2D eigenvalue weighted by atomic mass is 35.5. The van der Waals surface area contributed by atoms with E-state index in [2.05, 4.69) is 22.4 Å². The van der Waals surface area contributed by atoms with E-state index in [9.17, 15) is 18.3 Å². The summed E-state index contributed by atoms with van der Waals surface area (Å²) >= 11 is 6.29. The predicted molar refractivity (Wildman–Crippen MR) is 127 cm³/mol. The maximum Gasteiger partial charge on any atom is 0.271 e. The molecule has 1 amide bonds. The van der Waals surface area contributed by atoms with E-state index in [4.69, 9.17) is 11.6 Å². The van der Waals surface area contributed by atoms with Crippen molar-refractivity contribution in [3.8, 4) is 5.75 Å². The van der Waals surface area contributed by atoms with Crippen molar-refractivity contribution in [1.82, 2.24) is 14.6 Å². The average Bonchev–Trinajstić information content (AvgIpc) is 3.26. The number of aryl methyl sites for hydroxylation is 1. The molecule has 2 aromatic carbocycles. The number of rotatable bonds is 5. The molecule has 33 heavy (non-hydrogen) atoms. The van der Waals surface area contributed by atoms with Crippen LogP contribution in [0.5, 0.6) is 5.75 Å². The number of piperazine rings is 1. The number of hydrazone groups is 1. The highest BCUT2D eigenvalue weighted by Gasteiger charge is 2.29. The molecule has 1 saturated heterocycles.